The predicted molar refractivity (Wildman–Crippen MR) is 166 cm³/mol. The molecule has 0 N–H and O–H groups in total. The zero-order valence-corrected chi connectivity index (χ0v) is 25.1. The van der Waals surface area contributed by atoms with Crippen molar-refractivity contribution in [3.05, 3.63) is 59.9 Å². The standard InChI is InChI=1S/C35H51N3O2/c1-3-4-5-6-7-8-9-10-11-12-13-14-15-18-25-38-33-20-17-16-19-32(33)36-35(38)30-26-34(39)37(28-30)27-29-21-23-31(40-2)24-22-29/h16-17,19-24,30H,3-15,18,25-28H2,1-2H3. The monoisotopic (exact) mass is 545 g/mol. The fraction of sp³-hybridized carbons (Fsp3) is 0.600. The zero-order valence-electron chi connectivity index (χ0n) is 25.1. The topological polar surface area (TPSA) is 47.4 Å². The van der Waals surface area contributed by atoms with Crippen LogP contribution in [0.15, 0.2) is 48.5 Å². The molecule has 1 fully saturated rings. The highest BCUT2D eigenvalue weighted by Gasteiger charge is 2.33. The van der Waals surface area contributed by atoms with Gasteiger partial charge in [-0.2, -0.15) is 0 Å². The number of hydrogen-bond donors (Lipinski definition) is 0. The summed E-state index contributed by atoms with van der Waals surface area (Å²) in [7, 11) is 1.68. The Labute approximate surface area is 242 Å². The summed E-state index contributed by atoms with van der Waals surface area (Å²) in [6.07, 6.45) is 19.7. The number of likely N-dealkylation sites (tertiary alicyclic amines) is 1. The predicted octanol–water partition coefficient (Wildman–Crippen LogP) is 9.04. The van der Waals surface area contributed by atoms with E-state index in [1.54, 1.807) is 7.11 Å². The first-order valence-corrected chi connectivity index (χ1v) is 16.1. The van der Waals surface area contributed by atoms with E-state index in [0.29, 0.717) is 13.0 Å². The molecule has 0 radical (unpaired) electrons. The molecule has 0 spiro atoms. The molecule has 1 aliphatic heterocycles. The lowest BCUT2D eigenvalue weighted by Crippen LogP contribution is -2.24. The lowest BCUT2D eigenvalue weighted by Gasteiger charge is -2.18. The minimum atomic E-state index is 0.143. The third-order valence-electron chi connectivity index (χ3n) is 8.53. The molecule has 1 unspecified atom stereocenters. The highest BCUT2D eigenvalue weighted by molar-refractivity contribution is 5.81. The number of aryl methyl sites for hydroxylation is 1. The van der Waals surface area contributed by atoms with Gasteiger partial charge in [-0.3, -0.25) is 4.79 Å². The maximum atomic E-state index is 13.0. The number of methoxy groups -OCH3 is 1. The van der Waals surface area contributed by atoms with Crippen molar-refractivity contribution in [3.8, 4) is 5.75 Å². The van der Waals surface area contributed by atoms with Crippen molar-refractivity contribution in [1.29, 1.82) is 0 Å². The number of benzene rings is 2. The first-order chi connectivity index (χ1) is 19.7. The van der Waals surface area contributed by atoms with Crippen molar-refractivity contribution in [3.63, 3.8) is 0 Å². The second-order valence-corrected chi connectivity index (χ2v) is 11.7. The summed E-state index contributed by atoms with van der Waals surface area (Å²) in [4.78, 5) is 20.0. The molecule has 0 bridgehead atoms. The summed E-state index contributed by atoms with van der Waals surface area (Å²) in [5.74, 6) is 2.29. The quantitative estimate of drug-likeness (QED) is 0.141. The average molecular weight is 546 g/mol. The van der Waals surface area contributed by atoms with E-state index in [4.69, 9.17) is 9.72 Å². The van der Waals surface area contributed by atoms with E-state index in [0.717, 1.165) is 35.7 Å². The number of rotatable bonds is 19. The Morgan fingerprint density at radius 3 is 2.02 bits per heavy atom. The highest BCUT2D eigenvalue weighted by atomic mass is 16.5. The van der Waals surface area contributed by atoms with E-state index in [2.05, 4.69) is 35.8 Å². The molecule has 1 aliphatic rings. The molecular formula is C35H51N3O2. The number of fused-ring (bicyclic) bond motifs is 1. The number of hydrogen-bond acceptors (Lipinski definition) is 3. The SMILES string of the molecule is CCCCCCCCCCCCCCCCn1c(C2CC(=O)N(Cc3ccc(OC)cc3)C2)nc2ccccc21. The molecule has 0 saturated carbocycles. The first kappa shape index (κ1) is 30.1. The Morgan fingerprint density at radius 1 is 0.800 bits per heavy atom. The van der Waals surface area contributed by atoms with Crippen molar-refractivity contribution in [2.45, 2.75) is 122 Å². The number of aromatic nitrogens is 2. The summed E-state index contributed by atoms with van der Waals surface area (Å²) in [5.41, 5.74) is 3.38. The summed E-state index contributed by atoms with van der Waals surface area (Å²) in [5, 5.41) is 0. The number of carbonyl (C=O) groups excluding carboxylic acids is 1. The number of unbranched alkanes of at least 4 members (excludes halogenated alkanes) is 13. The highest BCUT2D eigenvalue weighted by Crippen LogP contribution is 2.32. The van der Waals surface area contributed by atoms with Gasteiger partial charge in [-0.1, -0.05) is 115 Å². The fourth-order valence-corrected chi connectivity index (χ4v) is 6.15. The molecule has 1 atom stereocenters. The third-order valence-corrected chi connectivity index (χ3v) is 8.53. The summed E-state index contributed by atoms with van der Waals surface area (Å²) in [6.45, 7) is 4.64. The molecule has 3 aromatic rings. The molecule has 4 rings (SSSR count). The van der Waals surface area contributed by atoms with Crippen molar-refractivity contribution in [2.75, 3.05) is 13.7 Å². The minimum absolute atomic E-state index is 0.143. The minimum Gasteiger partial charge on any atom is -0.497 e. The van der Waals surface area contributed by atoms with Crippen LogP contribution in [0.2, 0.25) is 0 Å². The first-order valence-electron chi connectivity index (χ1n) is 16.1. The van der Waals surface area contributed by atoms with Crippen molar-refractivity contribution in [1.82, 2.24) is 14.5 Å². The molecule has 1 amide bonds. The lowest BCUT2D eigenvalue weighted by atomic mass is 10.0. The van der Waals surface area contributed by atoms with Crippen LogP contribution in [0.3, 0.4) is 0 Å². The molecule has 1 aromatic heterocycles. The molecule has 0 aliphatic carbocycles. The van der Waals surface area contributed by atoms with E-state index >= 15 is 0 Å². The molecule has 5 nitrogen and oxygen atoms in total. The molecular weight excluding hydrogens is 494 g/mol. The van der Waals surface area contributed by atoms with Gasteiger partial charge in [0.25, 0.3) is 0 Å². The Morgan fingerprint density at radius 2 is 1.40 bits per heavy atom. The van der Waals surface area contributed by atoms with Crippen LogP contribution in [-0.2, 0) is 17.9 Å². The maximum Gasteiger partial charge on any atom is 0.223 e. The van der Waals surface area contributed by atoms with Gasteiger partial charge in [0, 0.05) is 32.0 Å². The van der Waals surface area contributed by atoms with Crippen molar-refractivity contribution < 1.29 is 9.53 Å². The van der Waals surface area contributed by atoms with Crippen LogP contribution in [0, 0.1) is 0 Å². The van der Waals surface area contributed by atoms with Gasteiger partial charge in [-0.25, -0.2) is 4.98 Å². The van der Waals surface area contributed by atoms with Gasteiger partial charge in [0.15, 0.2) is 0 Å². The number of ether oxygens (including phenoxy) is 1. The van der Waals surface area contributed by atoms with E-state index in [1.807, 2.05) is 29.2 Å². The Hall–Kier alpha value is -2.82. The molecule has 2 aromatic carbocycles. The van der Waals surface area contributed by atoms with Crippen LogP contribution in [0.4, 0.5) is 0 Å². The van der Waals surface area contributed by atoms with Gasteiger partial charge >= 0.3 is 0 Å². The second kappa shape index (κ2) is 16.4. The summed E-state index contributed by atoms with van der Waals surface area (Å²) < 4.78 is 7.68. The molecule has 2 heterocycles. The van der Waals surface area contributed by atoms with Gasteiger partial charge < -0.3 is 14.2 Å². The molecule has 5 heteroatoms. The van der Waals surface area contributed by atoms with Gasteiger partial charge in [0.1, 0.15) is 11.6 Å². The number of para-hydroxylation sites is 2. The van der Waals surface area contributed by atoms with Gasteiger partial charge in [0.05, 0.1) is 18.1 Å². The van der Waals surface area contributed by atoms with Crippen molar-refractivity contribution in [2.24, 2.45) is 0 Å². The Kier molecular flexibility index (Phi) is 12.4. The van der Waals surface area contributed by atoms with E-state index in [9.17, 15) is 4.79 Å². The van der Waals surface area contributed by atoms with Gasteiger partial charge in [0.2, 0.25) is 5.91 Å². The lowest BCUT2D eigenvalue weighted by molar-refractivity contribution is -0.128. The smallest absolute Gasteiger partial charge is 0.223 e. The van der Waals surface area contributed by atoms with E-state index in [-0.39, 0.29) is 11.8 Å². The summed E-state index contributed by atoms with van der Waals surface area (Å²) >= 11 is 0. The third kappa shape index (κ3) is 8.84. The largest absolute Gasteiger partial charge is 0.497 e. The summed E-state index contributed by atoms with van der Waals surface area (Å²) in [6, 6.07) is 16.5. The van der Waals surface area contributed by atoms with Gasteiger partial charge in [-0.05, 0) is 36.2 Å². The van der Waals surface area contributed by atoms with Crippen LogP contribution in [0.1, 0.15) is 121 Å². The number of nitrogens with zero attached hydrogens (tertiary/aromatic N) is 3. The number of imidazole rings is 1. The average Bonchev–Trinajstić information content (AvgIpc) is 3.53. The van der Waals surface area contributed by atoms with Crippen LogP contribution in [0.5, 0.6) is 5.75 Å². The van der Waals surface area contributed by atoms with Gasteiger partial charge in [-0.15, -0.1) is 0 Å². The molecule has 218 valence electrons. The van der Waals surface area contributed by atoms with E-state index in [1.165, 1.54) is 95.4 Å². The maximum absolute atomic E-state index is 13.0. The number of amides is 1. The zero-order chi connectivity index (χ0) is 28.0. The van der Waals surface area contributed by atoms with Crippen LogP contribution < -0.4 is 4.74 Å². The second-order valence-electron chi connectivity index (χ2n) is 11.7. The normalized spacial score (nSPS) is 15.4. The Bertz CT molecular complexity index is 1150. The van der Waals surface area contributed by atoms with Crippen LogP contribution in [0.25, 0.3) is 11.0 Å². The van der Waals surface area contributed by atoms with Crippen LogP contribution in [-0.4, -0.2) is 34.0 Å². The Balaban J connectivity index is 1.21. The van der Waals surface area contributed by atoms with Crippen LogP contribution >= 0.6 is 0 Å². The molecule has 1 saturated heterocycles. The fourth-order valence-electron chi connectivity index (χ4n) is 6.15. The van der Waals surface area contributed by atoms with Crippen molar-refractivity contribution >= 4 is 16.9 Å². The van der Waals surface area contributed by atoms with E-state index < -0.39 is 0 Å². The number of carbonyl (C=O) groups is 1. The molecule has 40 heavy (non-hydrogen) atoms.